The monoisotopic (exact) mass is 557 g/mol. The van der Waals surface area contributed by atoms with Gasteiger partial charge in [0.25, 0.3) is 0 Å². The number of benzene rings is 4. The second-order valence-electron chi connectivity index (χ2n) is 9.56. The number of nitrogens with two attached hydrogens (primary N) is 2. The first-order valence-corrected chi connectivity index (χ1v) is 12.8. The zero-order valence-electron chi connectivity index (χ0n) is 20.9. The van der Waals surface area contributed by atoms with Crippen molar-refractivity contribution in [3.63, 3.8) is 0 Å². The lowest BCUT2D eigenvalue weighted by Crippen LogP contribution is -2.23. The summed E-state index contributed by atoms with van der Waals surface area (Å²) in [5.41, 5.74) is 15.1. The maximum absolute atomic E-state index is 13.4. The number of hydrogen-bond acceptors (Lipinski definition) is 9. The molecule has 2 aliphatic rings. The highest BCUT2D eigenvalue weighted by Crippen LogP contribution is 2.39. The van der Waals surface area contributed by atoms with Gasteiger partial charge in [-0.3, -0.25) is 19.2 Å². The van der Waals surface area contributed by atoms with E-state index in [1.165, 1.54) is 24.3 Å². The first-order chi connectivity index (χ1) is 19.8. The average molecular weight is 558 g/mol. The first-order valence-electron chi connectivity index (χ1n) is 12.4. The van der Waals surface area contributed by atoms with E-state index in [-0.39, 0.29) is 84.4 Å². The number of carbonyl (C=O) groups excluding carboxylic acids is 4. The summed E-state index contributed by atoms with van der Waals surface area (Å²) in [6.07, 6.45) is 0. The van der Waals surface area contributed by atoms with Crippen LogP contribution in [0.2, 0.25) is 5.28 Å². The van der Waals surface area contributed by atoms with Gasteiger partial charge in [-0.05, 0) is 35.9 Å². The summed E-state index contributed by atoms with van der Waals surface area (Å²) < 4.78 is 0. The number of aromatic nitrogens is 3. The van der Waals surface area contributed by atoms with Gasteiger partial charge in [0, 0.05) is 44.5 Å². The van der Waals surface area contributed by atoms with Gasteiger partial charge in [0.05, 0.1) is 22.5 Å². The van der Waals surface area contributed by atoms with Crippen molar-refractivity contribution in [1.29, 1.82) is 0 Å². The van der Waals surface area contributed by atoms with Gasteiger partial charge >= 0.3 is 0 Å². The maximum atomic E-state index is 13.4. The molecule has 41 heavy (non-hydrogen) atoms. The van der Waals surface area contributed by atoms with Crippen LogP contribution in [0.25, 0.3) is 22.8 Å². The fourth-order valence-corrected chi connectivity index (χ4v) is 5.57. The van der Waals surface area contributed by atoms with E-state index >= 15 is 0 Å². The van der Waals surface area contributed by atoms with E-state index in [1.54, 1.807) is 48.5 Å². The van der Waals surface area contributed by atoms with Crippen molar-refractivity contribution in [3.8, 4) is 22.8 Å². The molecule has 1 aromatic heterocycles. The summed E-state index contributed by atoms with van der Waals surface area (Å²) in [5.74, 6) is -1.35. The van der Waals surface area contributed by atoms with E-state index in [4.69, 9.17) is 23.1 Å². The zero-order valence-corrected chi connectivity index (χ0v) is 21.7. The van der Waals surface area contributed by atoms with Crippen molar-refractivity contribution in [2.75, 3.05) is 11.5 Å². The van der Waals surface area contributed by atoms with Crippen LogP contribution in [0.3, 0.4) is 0 Å². The highest BCUT2D eigenvalue weighted by molar-refractivity contribution is 6.32. The smallest absolute Gasteiger partial charge is 0.226 e. The van der Waals surface area contributed by atoms with Crippen LogP contribution >= 0.6 is 11.6 Å². The molecule has 4 N–H and O–H groups in total. The molecule has 7 rings (SSSR count). The Balaban J connectivity index is 1.37. The van der Waals surface area contributed by atoms with Gasteiger partial charge in [-0.15, -0.1) is 0 Å². The fraction of sp³-hybridized carbons (Fsp3) is 0. The molecule has 1 heterocycles. The minimum Gasteiger partial charge on any atom is -0.398 e. The number of fused-ring (bicyclic) bond motifs is 4. The Hall–Kier alpha value is -5.54. The number of anilines is 2. The van der Waals surface area contributed by atoms with E-state index in [0.29, 0.717) is 11.1 Å². The molecule has 0 amide bonds. The van der Waals surface area contributed by atoms with Gasteiger partial charge in [-0.1, -0.05) is 48.5 Å². The lowest BCUT2D eigenvalue weighted by atomic mass is 9.82. The third kappa shape index (κ3) is 3.46. The number of nitrogen functional groups attached to an aromatic ring is 2. The van der Waals surface area contributed by atoms with Crippen molar-refractivity contribution in [2.24, 2.45) is 0 Å². The van der Waals surface area contributed by atoms with E-state index in [0.717, 1.165) is 0 Å². The quantitative estimate of drug-likeness (QED) is 0.290. The van der Waals surface area contributed by atoms with Gasteiger partial charge in [0.2, 0.25) is 5.28 Å². The molecule has 10 heteroatoms. The van der Waals surface area contributed by atoms with Crippen LogP contribution in [0.4, 0.5) is 11.4 Å². The Morgan fingerprint density at radius 3 is 1.17 bits per heavy atom. The molecule has 4 aromatic carbocycles. The lowest BCUT2D eigenvalue weighted by Gasteiger charge is -2.21. The van der Waals surface area contributed by atoms with Crippen LogP contribution in [0, 0.1) is 0 Å². The van der Waals surface area contributed by atoms with Crippen LogP contribution in [0.5, 0.6) is 0 Å². The molecule has 0 saturated carbocycles. The summed E-state index contributed by atoms with van der Waals surface area (Å²) >= 11 is 6.29. The standard InChI is InChI=1S/C31H16ClN5O4/c32-31-36-29(19-11-9-17-21(23(19)33)27(40)15-7-3-1-5-13(15)25(17)38)35-30(37-31)20-12-10-18-22(24(20)34)28(41)16-8-4-2-6-14(16)26(18)39/h1-12H,33-34H2. The second-order valence-corrected chi connectivity index (χ2v) is 9.90. The molecule has 196 valence electrons. The molecular formula is C31H16ClN5O4. The molecule has 0 unspecified atom stereocenters. The van der Waals surface area contributed by atoms with E-state index in [1.807, 2.05) is 0 Å². The van der Waals surface area contributed by atoms with Crippen molar-refractivity contribution in [1.82, 2.24) is 15.0 Å². The predicted octanol–water partition coefficient (Wildman–Crippen LogP) is 4.57. The van der Waals surface area contributed by atoms with Gasteiger partial charge in [-0.2, -0.15) is 9.97 Å². The Morgan fingerprint density at radius 2 is 0.780 bits per heavy atom. The number of halogens is 1. The number of nitrogens with zero attached hydrogens (tertiary/aromatic N) is 3. The van der Waals surface area contributed by atoms with Crippen LogP contribution in [0.15, 0.2) is 72.8 Å². The molecule has 0 fully saturated rings. The van der Waals surface area contributed by atoms with Gasteiger partial charge in [0.1, 0.15) is 0 Å². The Morgan fingerprint density at radius 1 is 0.439 bits per heavy atom. The van der Waals surface area contributed by atoms with Crippen molar-refractivity contribution in [3.05, 3.63) is 123 Å². The van der Waals surface area contributed by atoms with E-state index in [2.05, 4.69) is 15.0 Å². The lowest BCUT2D eigenvalue weighted by molar-refractivity contribution is 0.0980. The number of carbonyl (C=O) groups is 4. The third-order valence-electron chi connectivity index (χ3n) is 7.36. The summed E-state index contributed by atoms with van der Waals surface area (Å²) in [6.45, 7) is 0. The first kappa shape index (κ1) is 24.5. The van der Waals surface area contributed by atoms with E-state index in [9.17, 15) is 19.2 Å². The van der Waals surface area contributed by atoms with Crippen molar-refractivity contribution >= 4 is 46.1 Å². The molecule has 0 aliphatic heterocycles. The second kappa shape index (κ2) is 8.73. The molecule has 2 aliphatic carbocycles. The third-order valence-corrected chi connectivity index (χ3v) is 7.53. The molecule has 0 spiro atoms. The van der Waals surface area contributed by atoms with Gasteiger partial charge in [-0.25, -0.2) is 4.98 Å². The summed E-state index contributed by atoms with van der Waals surface area (Å²) in [4.78, 5) is 65.8. The number of hydrogen-bond donors (Lipinski definition) is 2. The normalized spacial score (nSPS) is 13.4. The minimum atomic E-state index is -0.391. The predicted molar refractivity (Wildman–Crippen MR) is 151 cm³/mol. The fourth-order valence-electron chi connectivity index (χ4n) is 5.41. The van der Waals surface area contributed by atoms with Crippen LogP contribution in [0.1, 0.15) is 63.7 Å². The number of rotatable bonds is 2. The Kier molecular flexibility index (Phi) is 5.22. The van der Waals surface area contributed by atoms with Crippen LogP contribution in [-0.4, -0.2) is 38.1 Å². The Labute approximate surface area is 236 Å². The van der Waals surface area contributed by atoms with Crippen molar-refractivity contribution in [2.45, 2.75) is 0 Å². The topological polar surface area (TPSA) is 159 Å². The van der Waals surface area contributed by atoms with Crippen LogP contribution < -0.4 is 11.5 Å². The van der Waals surface area contributed by atoms with Gasteiger partial charge in [0.15, 0.2) is 34.8 Å². The molecule has 9 nitrogen and oxygen atoms in total. The highest BCUT2D eigenvalue weighted by Gasteiger charge is 2.34. The van der Waals surface area contributed by atoms with Crippen LogP contribution in [-0.2, 0) is 0 Å². The van der Waals surface area contributed by atoms with E-state index < -0.39 is 11.6 Å². The summed E-state index contributed by atoms with van der Waals surface area (Å²) in [5, 5.41) is -0.195. The molecule has 5 aromatic rings. The average Bonchev–Trinajstić information content (AvgIpc) is 2.98. The number of ketones is 4. The van der Waals surface area contributed by atoms with Crippen molar-refractivity contribution < 1.29 is 19.2 Å². The largest absolute Gasteiger partial charge is 0.398 e. The Bertz CT molecular complexity index is 1930. The molecule has 0 radical (unpaired) electrons. The molecule has 0 saturated heterocycles. The zero-order chi connectivity index (χ0) is 28.6. The highest BCUT2D eigenvalue weighted by atomic mass is 35.5. The van der Waals surface area contributed by atoms with Gasteiger partial charge < -0.3 is 11.5 Å². The summed E-state index contributed by atoms with van der Waals surface area (Å²) in [6, 6.07) is 19.2. The SMILES string of the molecule is Nc1c(-c2nc(Cl)nc(-c3ccc4c(c3N)C(=O)c3ccccc3C4=O)n2)ccc2c1C(=O)c1ccccc1C2=O. The molecule has 0 atom stereocenters. The molecular weight excluding hydrogens is 542 g/mol. The summed E-state index contributed by atoms with van der Waals surface area (Å²) in [7, 11) is 0. The maximum Gasteiger partial charge on any atom is 0.226 e. The minimum absolute atomic E-state index is 0.0133. The molecule has 0 bridgehead atoms.